The van der Waals surface area contributed by atoms with Crippen LogP contribution in [0.4, 0.5) is 0 Å². The molecule has 554 valence electrons. The lowest BCUT2D eigenvalue weighted by Crippen LogP contribution is -2.66. The van der Waals surface area contributed by atoms with Crippen LogP contribution in [0, 0.1) is 0 Å². The number of hydrogen-bond donors (Lipinski definition) is 12. The molecule has 1 amide bonds. The second-order valence-electron chi connectivity index (χ2n) is 27.8. The summed E-state index contributed by atoms with van der Waals surface area (Å²) in [4.78, 5) is 13.5. The number of nitrogens with one attached hydrogen (secondary N) is 1. The molecule has 12 N–H and O–H groups in total. The molecule has 3 aliphatic heterocycles. The summed E-state index contributed by atoms with van der Waals surface area (Å²) in [5.74, 6) is -0.269. The number of aliphatic hydroxyl groups excluding tert-OH is 11. The molecule has 3 fully saturated rings. The zero-order valence-electron chi connectivity index (χ0n) is 59.0. The van der Waals surface area contributed by atoms with Gasteiger partial charge in [-0.05, 0) is 44.9 Å². The summed E-state index contributed by atoms with van der Waals surface area (Å²) in [5.41, 5.74) is 0. The molecule has 0 aromatic rings. The molecule has 0 aromatic heterocycles. The third kappa shape index (κ3) is 37.6. The fraction of sp³-hybridized carbons (Fsp3) is 0.933. The number of aliphatic hydroxyl groups is 11. The van der Waals surface area contributed by atoms with Gasteiger partial charge in [0.15, 0.2) is 18.9 Å². The Bertz CT molecular complexity index is 1800. The maximum absolute atomic E-state index is 13.5. The Kier molecular flexibility index (Phi) is 52.4. The van der Waals surface area contributed by atoms with Gasteiger partial charge in [-0.3, -0.25) is 4.79 Å². The van der Waals surface area contributed by atoms with Crippen molar-refractivity contribution in [3.8, 4) is 0 Å². The van der Waals surface area contributed by atoms with Gasteiger partial charge in [-0.25, -0.2) is 0 Å². The van der Waals surface area contributed by atoms with E-state index in [9.17, 15) is 61.0 Å². The van der Waals surface area contributed by atoms with E-state index in [-0.39, 0.29) is 18.9 Å². The number of carbonyl (C=O) groups is 1. The Morgan fingerprint density at radius 3 is 1.03 bits per heavy atom. The molecule has 3 heterocycles. The van der Waals surface area contributed by atoms with Crippen molar-refractivity contribution in [2.75, 3.05) is 26.4 Å². The summed E-state index contributed by atoms with van der Waals surface area (Å²) in [6.45, 7) is 1.78. The molecule has 3 rings (SSSR count). The van der Waals surface area contributed by atoms with Gasteiger partial charge in [0.25, 0.3) is 0 Å². The lowest BCUT2D eigenvalue weighted by atomic mass is 9.96. The van der Waals surface area contributed by atoms with Crippen LogP contribution in [0.1, 0.15) is 316 Å². The first-order valence-corrected chi connectivity index (χ1v) is 38.6. The molecule has 0 aromatic carbocycles. The van der Waals surface area contributed by atoms with E-state index < -0.39 is 124 Å². The van der Waals surface area contributed by atoms with Crippen LogP contribution in [0.2, 0.25) is 0 Å². The maximum Gasteiger partial charge on any atom is 0.220 e. The first-order valence-electron chi connectivity index (χ1n) is 38.6. The van der Waals surface area contributed by atoms with Gasteiger partial charge < -0.3 is 89.9 Å². The number of carbonyl (C=O) groups excluding carboxylic acids is 1. The van der Waals surface area contributed by atoms with Crippen molar-refractivity contribution in [3.05, 3.63) is 24.3 Å². The van der Waals surface area contributed by atoms with Gasteiger partial charge in [0.2, 0.25) is 5.91 Å². The minimum atomic E-state index is -1.98. The number of unbranched alkanes of at least 4 members (excludes halogenated alkanes) is 43. The van der Waals surface area contributed by atoms with E-state index in [2.05, 4.69) is 31.3 Å². The van der Waals surface area contributed by atoms with Crippen LogP contribution in [0.5, 0.6) is 0 Å². The summed E-state index contributed by atoms with van der Waals surface area (Å²) in [7, 11) is 0. The normalized spacial score (nSPS) is 27.4. The highest BCUT2D eigenvalue weighted by molar-refractivity contribution is 5.76. The monoisotopic (exact) mass is 1340 g/mol. The molecule has 0 bridgehead atoms. The lowest BCUT2D eigenvalue weighted by molar-refractivity contribution is -0.379. The van der Waals surface area contributed by atoms with Gasteiger partial charge in [0.1, 0.15) is 73.2 Å². The zero-order valence-corrected chi connectivity index (χ0v) is 59.0. The van der Waals surface area contributed by atoms with E-state index in [0.717, 1.165) is 44.9 Å². The van der Waals surface area contributed by atoms with Gasteiger partial charge in [0, 0.05) is 6.42 Å². The fourth-order valence-electron chi connectivity index (χ4n) is 13.2. The Hall–Kier alpha value is -1.73. The Labute approximate surface area is 568 Å². The maximum atomic E-state index is 13.5. The summed E-state index contributed by atoms with van der Waals surface area (Å²) in [6, 6.07) is -0.971. The minimum Gasteiger partial charge on any atom is -0.394 e. The smallest absolute Gasteiger partial charge is 0.220 e. The number of amides is 1. The van der Waals surface area contributed by atoms with E-state index in [0.29, 0.717) is 6.42 Å². The van der Waals surface area contributed by atoms with E-state index in [1.54, 1.807) is 6.08 Å². The minimum absolute atomic E-state index is 0.248. The Balaban J connectivity index is 1.38. The van der Waals surface area contributed by atoms with Crippen LogP contribution < -0.4 is 5.32 Å². The quantitative estimate of drug-likeness (QED) is 0.0199. The van der Waals surface area contributed by atoms with Crippen molar-refractivity contribution in [2.45, 2.75) is 420 Å². The average molecular weight is 1340 g/mol. The molecule has 0 spiro atoms. The molecule has 19 heteroatoms. The molecule has 3 aliphatic rings. The zero-order chi connectivity index (χ0) is 68.2. The summed E-state index contributed by atoms with van der Waals surface area (Å²) >= 11 is 0. The van der Waals surface area contributed by atoms with E-state index in [1.807, 2.05) is 6.08 Å². The van der Waals surface area contributed by atoms with Crippen molar-refractivity contribution in [3.63, 3.8) is 0 Å². The molecular formula is C75H141NO18. The molecule has 19 nitrogen and oxygen atoms in total. The SMILES string of the molecule is CCCCCCCCCC/C=C\CCCCCCCCCCCCCCCCCCCC(=O)NC(COC1OC(CO)C(OC2OC(CO)C(OC3OC(CO)C(O)C(O)C3O)C(O)C2O)C(O)C1O)C(O)/C=C/CCCCCCCCCCCCCCCCCCCC. The number of rotatable bonds is 61. The van der Waals surface area contributed by atoms with Gasteiger partial charge in [-0.2, -0.15) is 0 Å². The highest BCUT2D eigenvalue weighted by Gasteiger charge is 2.53. The summed E-state index contributed by atoms with van der Waals surface area (Å²) in [6.07, 6.45) is 40.2. The van der Waals surface area contributed by atoms with Crippen LogP contribution in [-0.2, 0) is 33.2 Å². The molecular weight excluding hydrogens is 1200 g/mol. The highest BCUT2D eigenvalue weighted by Crippen LogP contribution is 2.33. The number of ether oxygens (including phenoxy) is 6. The van der Waals surface area contributed by atoms with Crippen molar-refractivity contribution < 1.29 is 89.4 Å². The largest absolute Gasteiger partial charge is 0.394 e. The van der Waals surface area contributed by atoms with Gasteiger partial charge >= 0.3 is 0 Å². The predicted octanol–water partition coefficient (Wildman–Crippen LogP) is 11.8. The van der Waals surface area contributed by atoms with Gasteiger partial charge in [-0.1, -0.05) is 289 Å². The van der Waals surface area contributed by atoms with E-state index in [1.165, 1.54) is 244 Å². The second kappa shape index (κ2) is 57.0. The molecule has 94 heavy (non-hydrogen) atoms. The van der Waals surface area contributed by atoms with Crippen LogP contribution in [-0.4, -0.2) is 193 Å². The molecule has 0 aliphatic carbocycles. The van der Waals surface area contributed by atoms with Gasteiger partial charge in [-0.15, -0.1) is 0 Å². The number of allylic oxidation sites excluding steroid dienone is 3. The van der Waals surface area contributed by atoms with Crippen LogP contribution in [0.15, 0.2) is 24.3 Å². The molecule has 0 radical (unpaired) electrons. The van der Waals surface area contributed by atoms with Crippen molar-refractivity contribution >= 4 is 5.91 Å². The van der Waals surface area contributed by atoms with Crippen molar-refractivity contribution in [2.24, 2.45) is 0 Å². The van der Waals surface area contributed by atoms with Crippen molar-refractivity contribution in [1.82, 2.24) is 5.32 Å². The first kappa shape index (κ1) is 86.5. The van der Waals surface area contributed by atoms with E-state index >= 15 is 0 Å². The Morgan fingerprint density at radius 2 is 0.670 bits per heavy atom. The van der Waals surface area contributed by atoms with Crippen LogP contribution in [0.25, 0.3) is 0 Å². The molecule has 17 atom stereocenters. The topological polar surface area (TPSA) is 307 Å². The lowest BCUT2D eigenvalue weighted by Gasteiger charge is -2.48. The third-order valence-corrected chi connectivity index (χ3v) is 19.5. The molecule has 3 saturated heterocycles. The average Bonchev–Trinajstić information content (AvgIpc) is 0.787. The molecule has 0 saturated carbocycles. The summed E-state index contributed by atoms with van der Waals surface area (Å²) < 4.78 is 34.4. The number of hydrogen-bond acceptors (Lipinski definition) is 18. The van der Waals surface area contributed by atoms with Crippen molar-refractivity contribution in [1.29, 1.82) is 0 Å². The molecule has 17 unspecified atom stereocenters. The third-order valence-electron chi connectivity index (χ3n) is 19.5. The van der Waals surface area contributed by atoms with Crippen LogP contribution >= 0.6 is 0 Å². The predicted molar refractivity (Wildman–Crippen MR) is 370 cm³/mol. The Morgan fingerprint density at radius 1 is 0.372 bits per heavy atom. The highest BCUT2D eigenvalue weighted by atomic mass is 16.8. The first-order chi connectivity index (χ1) is 45.8. The standard InChI is InChI=1S/C75H141NO18/c1-3-5-7-9-11-13-15-17-19-21-23-25-26-27-28-29-30-31-32-33-35-37-39-41-43-45-47-49-51-53-63(81)76-58(59(80)52-50-48-46-44-42-40-38-36-34-24-22-20-18-16-14-12-10-8-6-4-2)57-89-73-69(87)66(84)71(61(55-78)91-73)94-75-70(88)67(85)72(62(56-79)92-75)93-74-68(86)65(83)64(82)60(54-77)90-74/h21,23,50,52,58-62,64-75,77-80,82-88H,3-20,22,24-49,51,53-57H2,1-2H3,(H,76,81)/b23-21-,52-50+. The second-order valence-corrected chi connectivity index (χ2v) is 27.8. The van der Waals surface area contributed by atoms with E-state index in [4.69, 9.17) is 28.4 Å². The fourth-order valence-corrected chi connectivity index (χ4v) is 13.2. The summed E-state index contributed by atoms with van der Waals surface area (Å²) in [5, 5.41) is 121. The van der Waals surface area contributed by atoms with Gasteiger partial charge in [0.05, 0.1) is 38.6 Å². The van der Waals surface area contributed by atoms with Crippen LogP contribution in [0.3, 0.4) is 0 Å².